The van der Waals surface area contributed by atoms with Crippen LogP contribution in [0, 0.1) is 0 Å². The van der Waals surface area contributed by atoms with Gasteiger partial charge in [-0.1, -0.05) is 23.4 Å². The lowest BCUT2D eigenvalue weighted by Gasteiger charge is -2.01. The number of carbonyl (C=O) groups excluding carboxylic acids is 1. The van der Waals surface area contributed by atoms with Gasteiger partial charge in [-0.05, 0) is 30.0 Å². The second-order valence-electron chi connectivity index (χ2n) is 4.31. The molecule has 4 nitrogen and oxygen atoms in total. The van der Waals surface area contributed by atoms with Gasteiger partial charge in [-0.3, -0.25) is 4.79 Å². The standard InChI is InChI=1S/C14H13N3OS/c18-13(14-8-4-10-19-14)7-3-9-17-12-6-2-1-5-11(12)15-16-17/h1-2,4-6,8,10H,3,7,9H2. The van der Waals surface area contributed by atoms with Crippen molar-refractivity contribution in [2.24, 2.45) is 0 Å². The highest BCUT2D eigenvalue weighted by molar-refractivity contribution is 7.12. The Balaban J connectivity index is 1.62. The Morgan fingerprint density at radius 1 is 1.21 bits per heavy atom. The molecule has 0 unspecified atom stereocenters. The first-order valence-electron chi connectivity index (χ1n) is 6.19. The Morgan fingerprint density at radius 3 is 2.95 bits per heavy atom. The van der Waals surface area contributed by atoms with E-state index in [9.17, 15) is 4.79 Å². The van der Waals surface area contributed by atoms with Gasteiger partial charge < -0.3 is 0 Å². The molecule has 0 amide bonds. The number of benzene rings is 1. The molecular weight excluding hydrogens is 258 g/mol. The van der Waals surface area contributed by atoms with Gasteiger partial charge in [0.2, 0.25) is 0 Å². The van der Waals surface area contributed by atoms with Crippen LogP contribution in [0.4, 0.5) is 0 Å². The molecule has 0 radical (unpaired) electrons. The lowest BCUT2D eigenvalue weighted by atomic mass is 10.2. The van der Waals surface area contributed by atoms with Gasteiger partial charge in [-0.25, -0.2) is 4.68 Å². The molecule has 0 spiro atoms. The van der Waals surface area contributed by atoms with Crippen molar-refractivity contribution in [2.45, 2.75) is 19.4 Å². The van der Waals surface area contributed by atoms with Crippen molar-refractivity contribution >= 4 is 28.2 Å². The number of nitrogens with zero attached hydrogens (tertiary/aromatic N) is 3. The quantitative estimate of drug-likeness (QED) is 0.670. The predicted octanol–water partition coefficient (Wildman–Crippen LogP) is 3.16. The largest absolute Gasteiger partial charge is 0.293 e. The molecule has 5 heteroatoms. The van der Waals surface area contributed by atoms with E-state index >= 15 is 0 Å². The molecule has 0 bridgehead atoms. The molecule has 0 aliphatic rings. The first-order valence-corrected chi connectivity index (χ1v) is 7.07. The number of ketones is 1. The van der Waals surface area contributed by atoms with Gasteiger partial charge in [0.25, 0.3) is 0 Å². The summed E-state index contributed by atoms with van der Waals surface area (Å²) in [6.45, 7) is 0.720. The Kier molecular flexibility index (Phi) is 3.37. The van der Waals surface area contributed by atoms with E-state index in [1.54, 1.807) is 0 Å². The highest BCUT2D eigenvalue weighted by Gasteiger charge is 2.08. The number of thiophene rings is 1. The van der Waals surface area contributed by atoms with Crippen LogP contribution in [0.15, 0.2) is 41.8 Å². The van der Waals surface area contributed by atoms with Crippen LogP contribution in [0.1, 0.15) is 22.5 Å². The van der Waals surface area contributed by atoms with Crippen molar-refractivity contribution in [2.75, 3.05) is 0 Å². The molecule has 0 N–H and O–H groups in total. The third-order valence-corrected chi connectivity index (χ3v) is 3.90. The molecular formula is C14H13N3OS. The summed E-state index contributed by atoms with van der Waals surface area (Å²) in [7, 11) is 0. The SMILES string of the molecule is O=C(CCCn1nnc2ccccc21)c1cccs1. The molecule has 0 saturated heterocycles. The van der Waals surface area contributed by atoms with E-state index in [1.165, 1.54) is 11.3 Å². The minimum absolute atomic E-state index is 0.208. The monoisotopic (exact) mass is 271 g/mol. The number of aromatic nitrogens is 3. The molecule has 2 heterocycles. The fraction of sp³-hybridized carbons (Fsp3) is 0.214. The molecule has 2 aromatic heterocycles. The van der Waals surface area contributed by atoms with Gasteiger partial charge in [-0.15, -0.1) is 16.4 Å². The number of hydrogen-bond acceptors (Lipinski definition) is 4. The summed E-state index contributed by atoms with van der Waals surface area (Å²) in [5.74, 6) is 0.208. The van der Waals surface area contributed by atoms with Crippen molar-refractivity contribution in [3.05, 3.63) is 46.7 Å². The van der Waals surface area contributed by atoms with E-state index in [0.717, 1.165) is 28.9 Å². The summed E-state index contributed by atoms with van der Waals surface area (Å²) >= 11 is 1.50. The van der Waals surface area contributed by atoms with E-state index in [-0.39, 0.29) is 5.78 Å². The minimum Gasteiger partial charge on any atom is -0.293 e. The zero-order chi connectivity index (χ0) is 13.1. The highest BCUT2D eigenvalue weighted by Crippen LogP contribution is 2.14. The van der Waals surface area contributed by atoms with Crippen LogP contribution in [-0.4, -0.2) is 20.8 Å². The summed E-state index contributed by atoms with van der Waals surface area (Å²) in [5.41, 5.74) is 1.91. The van der Waals surface area contributed by atoms with Crippen molar-refractivity contribution in [3.8, 4) is 0 Å². The van der Waals surface area contributed by atoms with Crippen LogP contribution in [0.2, 0.25) is 0 Å². The lowest BCUT2D eigenvalue weighted by Crippen LogP contribution is -2.03. The Labute approximate surface area is 114 Å². The summed E-state index contributed by atoms with van der Waals surface area (Å²) in [6.07, 6.45) is 1.33. The zero-order valence-electron chi connectivity index (χ0n) is 10.3. The zero-order valence-corrected chi connectivity index (χ0v) is 11.1. The minimum atomic E-state index is 0.208. The van der Waals surface area contributed by atoms with Crippen LogP contribution in [0.5, 0.6) is 0 Å². The van der Waals surface area contributed by atoms with Crippen LogP contribution < -0.4 is 0 Å². The number of rotatable bonds is 5. The van der Waals surface area contributed by atoms with Crippen molar-refractivity contribution < 1.29 is 4.79 Å². The average molecular weight is 271 g/mol. The number of carbonyl (C=O) groups is 1. The summed E-state index contributed by atoms with van der Waals surface area (Å²) < 4.78 is 1.86. The van der Waals surface area contributed by atoms with Crippen molar-refractivity contribution in [1.29, 1.82) is 0 Å². The third kappa shape index (κ3) is 2.56. The van der Waals surface area contributed by atoms with Crippen LogP contribution in [-0.2, 0) is 6.54 Å². The second-order valence-corrected chi connectivity index (χ2v) is 5.25. The van der Waals surface area contributed by atoms with Gasteiger partial charge in [0.05, 0.1) is 10.4 Å². The van der Waals surface area contributed by atoms with E-state index in [0.29, 0.717) is 6.42 Å². The first kappa shape index (κ1) is 12.0. The van der Waals surface area contributed by atoms with Crippen LogP contribution in [0.25, 0.3) is 11.0 Å². The Bertz CT molecular complexity index is 688. The maximum absolute atomic E-state index is 11.9. The average Bonchev–Trinajstić information content (AvgIpc) is 3.08. The number of para-hydroxylation sites is 1. The number of Topliss-reactive ketones (excluding diaryl/α,β-unsaturated/α-hetero) is 1. The van der Waals surface area contributed by atoms with Crippen LogP contribution >= 0.6 is 11.3 Å². The Hall–Kier alpha value is -2.01. The summed E-state index contributed by atoms with van der Waals surface area (Å²) in [5, 5.41) is 10.1. The summed E-state index contributed by atoms with van der Waals surface area (Å²) in [6, 6.07) is 11.6. The molecule has 0 atom stereocenters. The number of fused-ring (bicyclic) bond motifs is 1. The van der Waals surface area contributed by atoms with Crippen molar-refractivity contribution in [1.82, 2.24) is 15.0 Å². The third-order valence-electron chi connectivity index (χ3n) is 2.99. The molecule has 3 rings (SSSR count). The molecule has 3 aromatic rings. The van der Waals surface area contributed by atoms with E-state index in [1.807, 2.05) is 46.5 Å². The molecule has 0 aliphatic heterocycles. The fourth-order valence-electron chi connectivity index (χ4n) is 2.03. The van der Waals surface area contributed by atoms with Gasteiger partial charge in [0, 0.05) is 13.0 Å². The van der Waals surface area contributed by atoms with Gasteiger partial charge in [0.1, 0.15) is 5.52 Å². The summed E-state index contributed by atoms with van der Waals surface area (Å²) in [4.78, 5) is 12.7. The van der Waals surface area contributed by atoms with Crippen molar-refractivity contribution in [3.63, 3.8) is 0 Å². The molecule has 0 fully saturated rings. The Morgan fingerprint density at radius 2 is 2.11 bits per heavy atom. The predicted molar refractivity (Wildman–Crippen MR) is 75.4 cm³/mol. The molecule has 1 aromatic carbocycles. The van der Waals surface area contributed by atoms with Crippen LogP contribution in [0.3, 0.4) is 0 Å². The topological polar surface area (TPSA) is 47.8 Å². The molecule has 0 saturated carbocycles. The van der Waals surface area contributed by atoms with E-state index in [4.69, 9.17) is 0 Å². The second kappa shape index (κ2) is 5.32. The van der Waals surface area contributed by atoms with Gasteiger partial charge in [-0.2, -0.15) is 0 Å². The number of aryl methyl sites for hydroxylation is 1. The maximum atomic E-state index is 11.9. The van der Waals surface area contributed by atoms with E-state index in [2.05, 4.69) is 10.3 Å². The molecule has 96 valence electrons. The highest BCUT2D eigenvalue weighted by atomic mass is 32.1. The lowest BCUT2D eigenvalue weighted by molar-refractivity contribution is 0.0982. The smallest absolute Gasteiger partial charge is 0.172 e. The van der Waals surface area contributed by atoms with Gasteiger partial charge >= 0.3 is 0 Å². The van der Waals surface area contributed by atoms with Gasteiger partial charge in [0.15, 0.2) is 5.78 Å². The maximum Gasteiger partial charge on any atom is 0.172 e. The first-order chi connectivity index (χ1) is 9.34. The molecule has 0 aliphatic carbocycles. The molecule has 19 heavy (non-hydrogen) atoms. The van der Waals surface area contributed by atoms with E-state index < -0.39 is 0 Å². The number of hydrogen-bond donors (Lipinski definition) is 0. The fourth-order valence-corrected chi connectivity index (χ4v) is 2.73. The normalized spacial score (nSPS) is 10.9.